The zero-order valence-electron chi connectivity index (χ0n) is 15.1. The Hall–Kier alpha value is -3.34. The molecule has 27 heavy (non-hydrogen) atoms. The van der Waals surface area contributed by atoms with Crippen LogP contribution in [0.25, 0.3) is 0 Å². The number of hydrogen-bond donors (Lipinski definition) is 1. The van der Waals surface area contributed by atoms with Crippen LogP contribution in [-0.4, -0.2) is 18.4 Å². The molecule has 1 N–H and O–H groups in total. The Morgan fingerprint density at radius 2 is 1.96 bits per heavy atom. The largest absolute Gasteiger partial charge is 0.459 e. The molecular weight excluding hydrogens is 340 g/mol. The lowest BCUT2D eigenvalue weighted by Gasteiger charge is -2.29. The molecule has 0 bridgehead atoms. The lowest BCUT2D eigenvalue weighted by Crippen LogP contribution is -2.35. The van der Waals surface area contributed by atoms with Crippen LogP contribution in [0.3, 0.4) is 0 Å². The maximum Gasteiger partial charge on any atom is 0.293 e. The molecule has 0 saturated carbocycles. The van der Waals surface area contributed by atoms with E-state index in [1.54, 1.807) is 23.1 Å². The summed E-state index contributed by atoms with van der Waals surface area (Å²) in [6, 6.07) is 16.5. The molecule has 2 aromatic carbocycles. The number of furan rings is 1. The van der Waals surface area contributed by atoms with Gasteiger partial charge in [0.2, 0.25) is 0 Å². The summed E-state index contributed by atoms with van der Waals surface area (Å²) in [6.07, 6.45) is 3.24. The predicted octanol–water partition coefficient (Wildman–Crippen LogP) is 4.43. The van der Waals surface area contributed by atoms with Gasteiger partial charge in [-0.2, -0.15) is 0 Å². The van der Waals surface area contributed by atoms with Crippen molar-refractivity contribution in [2.24, 2.45) is 0 Å². The number of fused-ring (bicyclic) bond motifs is 1. The molecular formula is C22H20N2O3. The van der Waals surface area contributed by atoms with Gasteiger partial charge in [-0.15, -0.1) is 0 Å². The number of amides is 2. The fourth-order valence-electron chi connectivity index (χ4n) is 3.41. The Morgan fingerprint density at radius 1 is 1.07 bits per heavy atom. The molecule has 0 atom stereocenters. The molecule has 0 spiro atoms. The number of hydrogen-bond acceptors (Lipinski definition) is 3. The first-order valence-corrected chi connectivity index (χ1v) is 8.98. The molecule has 1 aromatic heterocycles. The Labute approximate surface area is 157 Å². The number of anilines is 2. The first-order chi connectivity index (χ1) is 13.1. The van der Waals surface area contributed by atoms with Crippen molar-refractivity contribution >= 4 is 23.2 Å². The normalized spacial score (nSPS) is 13.1. The van der Waals surface area contributed by atoms with Gasteiger partial charge in [-0.05, 0) is 67.8 Å². The summed E-state index contributed by atoms with van der Waals surface area (Å²) < 4.78 is 5.25. The van der Waals surface area contributed by atoms with Crippen LogP contribution in [0.15, 0.2) is 65.3 Å². The summed E-state index contributed by atoms with van der Waals surface area (Å²) >= 11 is 0. The summed E-state index contributed by atoms with van der Waals surface area (Å²) in [5.74, 6) is 0.0511. The minimum Gasteiger partial charge on any atom is -0.459 e. The summed E-state index contributed by atoms with van der Waals surface area (Å²) in [7, 11) is 0. The van der Waals surface area contributed by atoms with Crippen molar-refractivity contribution in [2.75, 3.05) is 16.8 Å². The minimum absolute atomic E-state index is 0.141. The van der Waals surface area contributed by atoms with Crippen LogP contribution in [0, 0.1) is 6.92 Å². The maximum absolute atomic E-state index is 12.7. The number of carbonyl (C=O) groups is 2. The van der Waals surface area contributed by atoms with Crippen LogP contribution in [0.1, 0.15) is 38.5 Å². The fraction of sp³-hybridized carbons (Fsp3) is 0.182. The molecule has 0 unspecified atom stereocenters. The standard InChI is InChI=1S/C22H20N2O3/c1-15-5-2-6-17(13-15)21(25)23-18-9-10-19-16(14-18)7-3-11-24(19)22(26)20-8-4-12-27-20/h2,4-6,8-10,12-14H,3,7,11H2,1H3,(H,23,25). The second-order valence-corrected chi connectivity index (χ2v) is 6.70. The zero-order valence-corrected chi connectivity index (χ0v) is 15.1. The Morgan fingerprint density at radius 3 is 2.74 bits per heavy atom. The third kappa shape index (κ3) is 3.49. The van der Waals surface area contributed by atoms with E-state index in [1.807, 2.05) is 43.3 Å². The van der Waals surface area contributed by atoms with E-state index in [4.69, 9.17) is 4.42 Å². The van der Waals surface area contributed by atoms with E-state index in [2.05, 4.69) is 5.32 Å². The summed E-state index contributed by atoms with van der Waals surface area (Å²) in [5.41, 5.74) is 4.31. The van der Waals surface area contributed by atoms with Crippen molar-refractivity contribution in [3.63, 3.8) is 0 Å². The fourth-order valence-corrected chi connectivity index (χ4v) is 3.41. The van der Waals surface area contributed by atoms with Crippen molar-refractivity contribution in [3.05, 3.63) is 83.3 Å². The number of carbonyl (C=O) groups excluding carboxylic acids is 2. The van der Waals surface area contributed by atoms with Crippen molar-refractivity contribution in [1.82, 2.24) is 0 Å². The molecule has 1 aliphatic rings. The number of nitrogens with zero attached hydrogens (tertiary/aromatic N) is 1. The van der Waals surface area contributed by atoms with Gasteiger partial charge >= 0.3 is 0 Å². The van der Waals surface area contributed by atoms with Gasteiger partial charge < -0.3 is 14.6 Å². The van der Waals surface area contributed by atoms with Crippen molar-refractivity contribution in [3.8, 4) is 0 Å². The molecule has 5 nitrogen and oxygen atoms in total. The molecule has 1 aliphatic heterocycles. The van der Waals surface area contributed by atoms with Crippen LogP contribution < -0.4 is 10.2 Å². The van der Waals surface area contributed by atoms with E-state index in [0.717, 1.165) is 35.3 Å². The summed E-state index contributed by atoms with van der Waals surface area (Å²) in [6.45, 7) is 2.61. The number of nitrogens with one attached hydrogen (secondary N) is 1. The van der Waals surface area contributed by atoms with Gasteiger partial charge in [0, 0.05) is 23.5 Å². The van der Waals surface area contributed by atoms with Gasteiger partial charge in [-0.3, -0.25) is 9.59 Å². The van der Waals surface area contributed by atoms with Gasteiger partial charge in [-0.25, -0.2) is 0 Å². The van der Waals surface area contributed by atoms with Crippen molar-refractivity contribution in [2.45, 2.75) is 19.8 Å². The van der Waals surface area contributed by atoms with Crippen molar-refractivity contribution in [1.29, 1.82) is 0 Å². The highest BCUT2D eigenvalue weighted by Crippen LogP contribution is 2.31. The van der Waals surface area contributed by atoms with Crippen LogP contribution in [0.5, 0.6) is 0 Å². The SMILES string of the molecule is Cc1cccc(C(=O)Nc2ccc3c(c2)CCCN3C(=O)c2ccco2)c1. The number of benzene rings is 2. The third-order valence-corrected chi connectivity index (χ3v) is 4.71. The van der Waals surface area contributed by atoms with E-state index < -0.39 is 0 Å². The first kappa shape index (κ1) is 17.1. The molecule has 0 saturated heterocycles. The van der Waals surface area contributed by atoms with Gasteiger partial charge in [0.15, 0.2) is 5.76 Å². The highest BCUT2D eigenvalue weighted by atomic mass is 16.3. The molecule has 0 radical (unpaired) electrons. The summed E-state index contributed by atoms with van der Waals surface area (Å²) in [5, 5.41) is 2.95. The van der Waals surface area contributed by atoms with Crippen LogP contribution in [0.4, 0.5) is 11.4 Å². The highest BCUT2D eigenvalue weighted by Gasteiger charge is 2.25. The average Bonchev–Trinajstić information content (AvgIpc) is 3.21. The zero-order chi connectivity index (χ0) is 18.8. The van der Waals surface area contributed by atoms with Gasteiger partial charge in [0.25, 0.3) is 11.8 Å². The van der Waals surface area contributed by atoms with Gasteiger partial charge in [0.1, 0.15) is 0 Å². The lowest BCUT2D eigenvalue weighted by molar-refractivity contribution is 0.0957. The molecule has 2 amide bonds. The van der Waals surface area contributed by atoms with E-state index in [0.29, 0.717) is 17.9 Å². The number of aryl methyl sites for hydroxylation is 2. The Bertz CT molecular complexity index is 993. The third-order valence-electron chi connectivity index (χ3n) is 4.71. The van der Waals surface area contributed by atoms with Gasteiger partial charge in [0.05, 0.1) is 6.26 Å². The van der Waals surface area contributed by atoms with E-state index in [-0.39, 0.29) is 11.8 Å². The summed E-state index contributed by atoms with van der Waals surface area (Å²) in [4.78, 5) is 26.9. The molecule has 5 heteroatoms. The van der Waals surface area contributed by atoms with Crippen LogP contribution >= 0.6 is 0 Å². The first-order valence-electron chi connectivity index (χ1n) is 8.98. The maximum atomic E-state index is 12.7. The topological polar surface area (TPSA) is 62.6 Å². The molecule has 0 fully saturated rings. The van der Waals surface area contributed by atoms with Crippen LogP contribution in [0.2, 0.25) is 0 Å². The van der Waals surface area contributed by atoms with E-state index in [1.165, 1.54) is 6.26 Å². The average molecular weight is 360 g/mol. The molecule has 2 heterocycles. The minimum atomic E-state index is -0.141. The second-order valence-electron chi connectivity index (χ2n) is 6.70. The Kier molecular flexibility index (Phi) is 4.50. The van der Waals surface area contributed by atoms with Crippen molar-refractivity contribution < 1.29 is 14.0 Å². The van der Waals surface area contributed by atoms with Crippen LogP contribution in [-0.2, 0) is 6.42 Å². The van der Waals surface area contributed by atoms with E-state index >= 15 is 0 Å². The lowest BCUT2D eigenvalue weighted by atomic mass is 10.0. The quantitative estimate of drug-likeness (QED) is 0.751. The highest BCUT2D eigenvalue weighted by molar-refractivity contribution is 6.06. The van der Waals surface area contributed by atoms with E-state index in [9.17, 15) is 9.59 Å². The predicted molar refractivity (Wildman–Crippen MR) is 104 cm³/mol. The monoisotopic (exact) mass is 360 g/mol. The second kappa shape index (κ2) is 7.11. The molecule has 4 rings (SSSR count). The molecule has 3 aromatic rings. The molecule has 136 valence electrons. The Balaban J connectivity index is 1.56. The smallest absolute Gasteiger partial charge is 0.293 e. The molecule has 0 aliphatic carbocycles. The van der Waals surface area contributed by atoms with Gasteiger partial charge in [-0.1, -0.05) is 17.7 Å². The number of rotatable bonds is 3.